The van der Waals surface area contributed by atoms with E-state index >= 15 is 0 Å². The highest BCUT2D eigenvalue weighted by atomic mass is 16.6. The summed E-state index contributed by atoms with van der Waals surface area (Å²) in [5.74, 6) is 0.723. The highest BCUT2D eigenvalue weighted by molar-refractivity contribution is 4.97. The van der Waals surface area contributed by atoms with E-state index in [9.17, 15) is 0 Å². The van der Waals surface area contributed by atoms with Crippen LogP contribution in [0.15, 0.2) is 6.33 Å². The van der Waals surface area contributed by atoms with E-state index in [2.05, 4.69) is 10.2 Å². The fourth-order valence-electron chi connectivity index (χ4n) is 1.47. The van der Waals surface area contributed by atoms with Crippen molar-refractivity contribution in [1.82, 2.24) is 14.8 Å². The number of rotatable bonds is 2. The Labute approximate surface area is 82.0 Å². The molecule has 78 valence electrons. The van der Waals surface area contributed by atoms with Crippen molar-refractivity contribution in [2.75, 3.05) is 19.8 Å². The lowest BCUT2D eigenvalue weighted by atomic mass is 10.1. The summed E-state index contributed by atoms with van der Waals surface area (Å²) in [6.07, 6.45) is 1.51. The fourth-order valence-corrected chi connectivity index (χ4v) is 1.47. The Hall–Kier alpha value is -0.980. The van der Waals surface area contributed by atoms with Crippen molar-refractivity contribution < 1.29 is 9.47 Å². The average Bonchev–Trinajstić information content (AvgIpc) is 2.65. The monoisotopic (exact) mass is 198 g/mol. The van der Waals surface area contributed by atoms with Gasteiger partial charge in [-0.15, -0.1) is 10.2 Å². The van der Waals surface area contributed by atoms with Crippen LogP contribution in [0.5, 0.6) is 0 Å². The van der Waals surface area contributed by atoms with Crippen LogP contribution in [0.3, 0.4) is 0 Å². The minimum atomic E-state index is -0.275. The maximum absolute atomic E-state index is 5.99. The van der Waals surface area contributed by atoms with Crippen LogP contribution in [0.2, 0.25) is 0 Å². The molecular weight excluding hydrogens is 184 g/mol. The molecule has 1 aromatic rings. The van der Waals surface area contributed by atoms with Crippen molar-refractivity contribution in [2.24, 2.45) is 12.8 Å². The topological polar surface area (TPSA) is 75.2 Å². The molecule has 0 aliphatic carbocycles. The molecule has 2 heterocycles. The SMILES string of the molecule is Cn1cnnc1C(N)C1COCCO1. The Morgan fingerprint density at radius 1 is 1.64 bits per heavy atom. The molecule has 14 heavy (non-hydrogen) atoms. The van der Waals surface area contributed by atoms with E-state index in [1.807, 2.05) is 7.05 Å². The zero-order chi connectivity index (χ0) is 9.97. The molecule has 1 aliphatic rings. The van der Waals surface area contributed by atoms with E-state index in [4.69, 9.17) is 15.2 Å². The molecule has 1 aliphatic heterocycles. The maximum Gasteiger partial charge on any atom is 0.152 e. The first-order valence-electron chi connectivity index (χ1n) is 4.58. The van der Waals surface area contributed by atoms with Crippen molar-refractivity contribution in [3.05, 3.63) is 12.2 Å². The molecule has 2 unspecified atom stereocenters. The third kappa shape index (κ3) is 1.77. The normalized spacial score (nSPS) is 24.9. The van der Waals surface area contributed by atoms with Crippen LogP contribution in [0.1, 0.15) is 11.9 Å². The average molecular weight is 198 g/mol. The van der Waals surface area contributed by atoms with Gasteiger partial charge in [-0.3, -0.25) is 0 Å². The lowest BCUT2D eigenvalue weighted by Gasteiger charge is -2.27. The molecule has 0 aromatic carbocycles. The Morgan fingerprint density at radius 2 is 2.50 bits per heavy atom. The minimum Gasteiger partial charge on any atom is -0.376 e. The van der Waals surface area contributed by atoms with E-state index in [1.165, 1.54) is 0 Å². The van der Waals surface area contributed by atoms with Gasteiger partial charge in [-0.05, 0) is 0 Å². The number of hydrogen-bond donors (Lipinski definition) is 1. The number of nitrogens with two attached hydrogens (primary N) is 1. The van der Waals surface area contributed by atoms with Crippen LogP contribution in [0.25, 0.3) is 0 Å². The lowest BCUT2D eigenvalue weighted by Crippen LogP contribution is -2.38. The van der Waals surface area contributed by atoms with E-state index < -0.39 is 0 Å². The van der Waals surface area contributed by atoms with E-state index in [0.29, 0.717) is 19.8 Å². The predicted octanol–water partition coefficient (Wildman–Crippen LogP) is -0.770. The Morgan fingerprint density at radius 3 is 3.07 bits per heavy atom. The van der Waals surface area contributed by atoms with Crippen LogP contribution in [-0.4, -0.2) is 40.7 Å². The molecule has 2 rings (SSSR count). The Kier molecular flexibility index (Phi) is 2.76. The second-order valence-electron chi connectivity index (χ2n) is 3.31. The van der Waals surface area contributed by atoms with Crippen molar-refractivity contribution in [3.8, 4) is 0 Å². The van der Waals surface area contributed by atoms with Crippen LogP contribution < -0.4 is 5.73 Å². The third-order valence-corrected chi connectivity index (χ3v) is 2.29. The van der Waals surface area contributed by atoms with Gasteiger partial charge in [0, 0.05) is 7.05 Å². The summed E-state index contributed by atoms with van der Waals surface area (Å²) in [5.41, 5.74) is 5.99. The quantitative estimate of drug-likeness (QED) is 0.675. The van der Waals surface area contributed by atoms with Crippen LogP contribution in [0, 0.1) is 0 Å². The minimum absolute atomic E-state index is 0.119. The second-order valence-corrected chi connectivity index (χ2v) is 3.31. The largest absolute Gasteiger partial charge is 0.376 e. The number of nitrogens with zero attached hydrogens (tertiary/aromatic N) is 3. The van der Waals surface area contributed by atoms with E-state index in [0.717, 1.165) is 5.82 Å². The zero-order valence-electron chi connectivity index (χ0n) is 8.09. The summed E-state index contributed by atoms with van der Waals surface area (Å²) < 4.78 is 12.6. The first-order valence-corrected chi connectivity index (χ1v) is 4.58. The molecule has 0 bridgehead atoms. The van der Waals surface area contributed by atoms with E-state index in [1.54, 1.807) is 10.9 Å². The molecule has 1 saturated heterocycles. The van der Waals surface area contributed by atoms with Crippen molar-refractivity contribution in [2.45, 2.75) is 12.1 Å². The van der Waals surface area contributed by atoms with Gasteiger partial charge in [0.05, 0.1) is 25.9 Å². The highest BCUT2D eigenvalue weighted by Gasteiger charge is 2.26. The number of hydrogen-bond acceptors (Lipinski definition) is 5. The predicted molar refractivity (Wildman–Crippen MR) is 48.5 cm³/mol. The summed E-state index contributed by atoms with van der Waals surface area (Å²) in [6.45, 7) is 1.76. The van der Waals surface area contributed by atoms with Crippen LogP contribution in [-0.2, 0) is 16.5 Å². The van der Waals surface area contributed by atoms with Gasteiger partial charge in [0.1, 0.15) is 12.4 Å². The van der Waals surface area contributed by atoms with E-state index in [-0.39, 0.29) is 12.1 Å². The van der Waals surface area contributed by atoms with Gasteiger partial charge in [0.25, 0.3) is 0 Å². The standard InChI is InChI=1S/C8H14N4O2/c1-12-5-10-11-8(12)7(9)6-4-13-2-3-14-6/h5-7H,2-4,9H2,1H3. The van der Waals surface area contributed by atoms with Gasteiger partial charge in [-0.1, -0.05) is 0 Å². The van der Waals surface area contributed by atoms with Gasteiger partial charge >= 0.3 is 0 Å². The number of aryl methyl sites for hydroxylation is 1. The fraction of sp³-hybridized carbons (Fsp3) is 0.750. The first kappa shape index (κ1) is 9.57. The van der Waals surface area contributed by atoms with Crippen molar-refractivity contribution >= 4 is 0 Å². The Bertz CT molecular complexity index is 295. The second kappa shape index (κ2) is 4.04. The number of aromatic nitrogens is 3. The lowest BCUT2D eigenvalue weighted by molar-refractivity contribution is -0.0987. The van der Waals surface area contributed by atoms with Crippen LogP contribution in [0.4, 0.5) is 0 Å². The molecule has 6 heteroatoms. The molecule has 2 atom stereocenters. The van der Waals surface area contributed by atoms with Crippen molar-refractivity contribution in [3.63, 3.8) is 0 Å². The molecule has 6 nitrogen and oxygen atoms in total. The first-order chi connectivity index (χ1) is 6.79. The van der Waals surface area contributed by atoms with Gasteiger partial charge in [-0.2, -0.15) is 0 Å². The summed E-state index contributed by atoms with van der Waals surface area (Å²) in [5, 5.41) is 7.72. The molecule has 1 aromatic heterocycles. The number of ether oxygens (including phenoxy) is 2. The molecule has 0 saturated carbocycles. The highest BCUT2D eigenvalue weighted by Crippen LogP contribution is 2.16. The molecule has 2 N–H and O–H groups in total. The Balaban J connectivity index is 2.07. The van der Waals surface area contributed by atoms with Crippen LogP contribution >= 0.6 is 0 Å². The van der Waals surface area contributed by atoms with Gasteiger partial charge in [0.2, 0.25) is 0 Å². The molecular formula is C8H14N4O2. The maximum atomic E-state index is 5.99. The summed E-state index contributed by atoms with van der Waals surface area (Å²) >= 11 is 0. The molecule has 1 fully saturated rings. The molecule has 0 spiro atoms. The molecule has 0 amide bonds. The summed E-state index contributed by atoms with van der Waals surface area (Å²) in [4.78, 5) is 0. The van der Waals surface area contributed by atoms with Gasteiger partial charge in [0.15, 0.2) is 5.82 Å². The zero-order valence-corrected chi connectivity index (χ0v) is 8.09. The molecule has 0 radical (unpaired) electrons. The summed E-state index contributed by atoms with van der Waals surface area (Å²) in [7, 11) is 1.86. The summed E-state index contributed by atoms with van der Waals surface area (Å²) in [6, 6.07) is -0.275. The third-order valence-electron chi connectivity index (χ3n) is 2.29. The van der Waals surface area contributed by atoms with Gasteiger partial charge in [-0.25, -0.2) is 0 Å². The smallest absolute Gasteiger partial charge is 0.152 e. The van der Waals surface area contributed by atoms with Gasteiger partial charge < -0.3 is 19.8 Å². The van der Waals surface area contributed by atoms with Crippen molar-refractivity contribution in [1.29, 1.82) is 0 Å².